The molecule has 0 aliphatic carbocycles. The molecule has 0 aliphatic heterocycles. The van der Waals surface area contributed by atoms with Gasteiger partial charge >= 0.3 is 19.8 Å². The molecule has 0 radical (unpaired) electrons. The molecule has 0 aliphatic rings. The summed E-state index contributed by atoms with van der Waals surface area (Å²) >= 11 is 0. The number of phosphoric acid groups is 1. The molecule has 0 rings (SSSR count). The first-order chi connectivity index (χ1) is 30.3. The molecule has 0 saturated heterocycles. The molecule has 8 nitrogen and oxygen atoms in total. The zero-order valence-electron chi connectivity index (χ0n) is 40.0. The summed E-state index contributed by atoms with van der Waals surface area (Å²) < 4.78 is 32.8. The quantitative estimate of drug-likeness (QED) is 0.0279. The van der Waals surface area contributed by atoms with Gasteiger partial charge in [0.1, 0.15) is 6.61 Å². The van der Waals surface area contributed by atoms with Gasteiger partial charge in [0.2, 0.25) is 0 Å². The van der Waals surface area contributed by atoms with E-state index < -0.39 is 26.5 Å². The summed E-state index contributed by atoms with van der Waals surface area (Å²) in [5.41, 5.74) is 0. The molecule has 0 heterocycles. The number of hydrogen-bond donors (Lipinski definition) is 1. The van der Waals surface area contributed by atoms with Gasteiger partial charge in [0.05, 0.1) is 13.2 Å². The monoisotopic (exact) mass is 889 g/mol. The predicted molar refractivity (Wildman–Crippen MR) is 262 cm³/mol. The fourth-order valence-corrected chi connectivity index (χ4v) is 7.58. The van der Waals surface area contributed by atoms with Gasteiger partial charge in [-0.25, -0.2) is 4.57 Å². The first-order valence-electron chi connectivity index (χ1n) is 25.2. The third-order valence-electron chi connectivity index (χ3n) is 10.5. The second kappa shape index (κ2) is 48.0. The number of carbonyl (C=O) groups is 2. The molecule has 2 atom stereocenters. The lowest BCUT2D eigenvalue weighted by molar-refractivity contribution is -0.161. The van der Waals surface area contributed by atoms with Crippen LogP contribution in [0.1, 0.15) is 226 Å². The molecule has 0 bridgehead atoms. The van der Waals surface area contributed by atoms with Crippen molar-refractivity contribution >= 4 is 19.8 Å². The Morgan fingerprint density at radius 1 is 0.452 bits per heavy atom. The Kier molecular flexibility index (Phi) is 46.0. The summed E-state index contributed by atoms with van der Waals surface area (Å²) in [5.74, 6) is -0.806. The Morgan fingerprint density at radius 2 is 0.823 bits per heavy atom. The van der Waals surface area contributed by atoms with Crippen molar-refractivity contribution < 1.29 is 37.6 Å². The second-order valence-electron chi connectivity index (χ2n) is 16.4. The minimum absolute atomic E-state index is 0.00392. The standard InChI is InChI=1S/C53H93O8P/c1-4-7-9-11-13-15-17-19-21-23-25-26-27-28-30-32-34-36-38-40-42-44-46-48-53(55)61-51(50-60-62(56,57)59-6-3)49-58-52(54)47-45-43-41-39-37-35-33-31-29-24-22-20-18-16-14-12-10-8-5-2/h7,9,13-16,19-22,25-26,51H,4-6,8,10-12,17-18,23-24,27-50H2,1-3H3,(H,56,57)/b9-7-,15-13-,16-14-,21-19-,22-20-,26-25-. The van der Waals surface area contributed by atoms with Gasteiger partial charge in [-0.3, -0.25) is 18.6 Å². The van der Waals surface area contributed by atoms with Crippen LogP contribution in [0.4, 0.5) is 0 Å². The number of unbranched alkanes of at least 4 members (excludes halogenated alkanes) is 22. The van der Waals surface area contributed by atoms with Gasteiger partial charge in [-0.2, -0.15) is 0 Å². The average molecular weight is 889 g/mol. The van der Waals surface area contributed by atoms with Crippen molar-refractivity contribution in [3.05, 3.63) is 72.9 Å². The van der Waals surface area contributed by atoms with E-state index in [-0.39, 0.29) is 32.0 Å². The van der Waals surface area contributed by atoms with Crippen molar-refractivity contribution in [2.45, 2.75) is 232 Å². The van der Waals surface area contributed by atoms with Crippen LogP contribution < -0.4 is 0 Å². The van der Waals surface area contributed by atoms with Crippen LogP contribution in [0.15, 0.2) is 72.9 Å². The van der Waals surface area contributed by atoms with Crippen LogP contribution in [0.5, 0.6) is 0 Å². The number of esters is 2. The van der Waals surface area contributed by atoms with Crippen molar-refractivity contribution in [2.24, 2.45) is 0 Å². The first-order valence-corrected chi connectivity index (χ1v) is 26.7. The van der Waals surface area contributed by atoms with Crippen molar-refractivity contribution in [3.8, 4) is 0 Å². The zero-order chi connectivity index (χ0) is 45.3. The summed E-state index contributed by atoms with van der Waals surface area (Å²) in [6.07, 6.45) is 61.0. The van der Waals surface area contributed by atoms with E-state index in [2.05, 4.69) is 86.8 Å². The van der Waals surface area contributed by atoms with Gasteiger partial charge in [-0.1, -0.05) is 196 Å². The summed E-state index contributed by atoms with van der Waals surface area (Å²) in [7, 11) is -4.29. The summed E-state index contributed by atoms with van der Waals surface area (Å²) in [5, 5.41) is 0. The highest BCUT2D eigenvalue weighted by Crippen LogP contribution is 2.43. The molecule has 0 aromatic heterocycles. The van der Waals surface area contributed by atoms with E-state index in [4.69, 9.17) is 18.5 Å². The topological polar surface area (TPSA) is 108 Å². The fourth-order valence-electron chi connectivity index (χ4n) is 6.83. The van der Waals surface area contributed by atoms with Crippen LogP contribution in [0, 0.1) is 0 Å². The second-order valence-corrected chi connectivity index (χ2v) is 17.9. The van der Waals surface area contributed by atoms with Crippen molar-refractivity contribution in [1.82, 2.24) is 0 Å². The molecule has 358 valence electrons. The average Bonchev–Trinajstić information content (AvgIpc) is 3.25. The lowest BCUT2D eigenvalue weighted by atomic mass is 10.0. The fraction of sp³-hybridized carbons (Fsp3) is 0.736. The SMILES string of the molecule is CC/C=C\C/C=C\C/C=C\C/C=C\CCCCCCCCCCCCC(=O)OC(COC(=O)CCCCCCCCCCC/C=C\C/C=C\CCCCC)COP(=O)(O)OCC. The number of phosphoric ester groups is 1. The molecule has 9 heteroatoms. The zero-order valence-corrected chi connectivity index (χ0v) is 40.9. The van der Waals surface area contributed by atoms with E-state index in [9.17, 15) is 19.0 Å². The van der Waals surface area contributed by atoms with E-state index in [1.807, 2.05) is 0 Å². The predicted octanol–water partition coefficient (Wildman–Crippen LogP) is 16.5. The minimum atomic E-state index is -4.29. The van der Waals surface area contributed by atoms with E-state index in [0.717, 1.165) is 77.0 Å². The third-order valence-corrected chi connectivity index (χ3v) is 11.6. The number of allylic oxidation sites excluding steroid dienone is 12. The highest BCUT2D eigenvalue weighted by atomic mass is 31.2. The van der Waals surface area contributed by atoms with Gasteiger partial charge in [0.15, 0.2) is 6.10 Å². The molecule has 0 fully saturated rings. The highest BCUT2D eigenvalue weighted by Gasteiger charge is 2.25. The molecular formula is C53H93O8P. The molecule has 1 N–H and O–H groups in total. The number of carbonyl (C=O) groups excluding carboxylic acids is 2. The maximum Gasteiger partial charge on any atom is 0.472 e. The maximum atomic E-state index is 12.6. The molecule has 0 aromatic carbocycles. The molecule has 0 amide bonds. The Balaban J connectivity index is 4.01. The summed E-state index contributed by atoms with van der Waals surface area (Å²) in [4.78, 5) is 34.9. The van der Waals surface area contributed by atoms with Crippen LogP contribution >= 0.6 is 7.82 Å². The van der Waals surface area contributed by atoms with Crippen molar-refractivity contribution in [2.75, 3.05) is 19.8 Å². The van der Waals surface area contributed by atoms with Crippen LogP contribution in [-0.4, -0.2) is 42.8 Å². The van der Waals surface area contributed by atoms with E-state index >= 15 is 0 Å². The smallest absolute Gasteiger partial charge is 0.462 e. The van der Waals surface area contributed by atoms with Crippen LogP contribution in [-0.2, 0) is 32.7 Å². The van der Waals surface area contributed by atoms with Crippen molar-refractivity contribution in [3.63, 3.8) is 0 Å². The number of hydrogen-bond acceptors (Lipinski definition) is 7. The van der Waals surface area contributed by atoms with Gasteiger partial charge in [0.25, 0.3) is 0 Å². The number of rotatable bonds is 46. The molecule has 2 unspecified atom stereocenters. The molecule has 62 heavy (non-hydrogen) atoms. The van der Waals surface area contributed by atoms with Gasteiger partial charge in [0, 0.05) is 12.8 Å². The first kappa shape index (κ1) is 59.5. The number of ether oxygens (including phenoxy) is 2. The molecule has 0 aromatic rings. The Hall–Kier alpha value is -2.51. The maximum absolute atomic E-state index is 12.6. The lowest BCUT2D eigenvalue weighted by Gasteiger charge is -2.19. The lowest BCUT2D eigenvalue weighted by Crippen LogP contribution is -2.29. The Labute approximate surface area is 381 Å². The van der Waals surface area contributed by atoms with Crippen LogP contribution in [0.25, 0.3) is 0 Å². The van der Waals surface area contributed by atoms with Crippen LogP contribution in [0.3, 0.4) is 0 Å². The van der Waals surface area contributed by atoms with Gasteiger partial charge < -0.3 is 14.4 Å². The largest absolute Gasteiger partial charge is 0.472 e. The van der Waals surface area contributed by atoms with E-state index in [1.54, 1.807) is 6.92 Å². The van der Waals surface area contributed by atoms with E-state index in [1.165, 1.54) is 109 Å². The normalized spacial score (nSPS) is 13.8. The van der Waals surface area contributed by atoms with Crippen LogP contribution in [0.2, 0.25) is 0 Å². The Bertz CT molecular complexity index is 1240. The van der Waals surface area contributed by atoms with E-state index in [0.29, 0.717) is 6.42 Å². The highest BCUT2D eigenvalue weighted by molar-refractivity contribution is 7.47. The Morgan fingerprint density at radius 3 is 1.24 bits per heavy atom. The molecule has 0 spiro atoms. The molecule has 0 saturated carbocycles. The van der Waals surface area contributed by atoms with Gasteiger partial charge in [-0.05, 0) is 90.4 Å². The summed E-state index contributed by atoms with van der Waals surface area (Å²) in [6.45, 7) is 5.35. The van der Waals surface area contributed by atoms with Crippen molar-refractivity contribution in [1.29, 1.82) is 0 Å². The summed E-state index contributed by atoms with van der Waals surface area (Å²) in [6, 6.07) is 0. The van der Waals surface area contributed by atoms with Gasteiger partial charge in [-0.15, -0.1) is 0 Å². The minimum Gasteiger partial charge on any atom is -0.462 e. The third kappa shape index (κ3) is 47.0. The molecular weight excluding hydrogens is 796 g/mol.